The lowest BCUT2D eigenvalue weighted by molar-refractivity contribution is -0.122. The number of aromatic nitrogens is 2. The summed E-state index contributed by atoms with van der Waals surface area (Å²) in [6.45, 7) is 10.4. The zero-order chi connectivity index (χ0) is 15.2. The summed E-state index contributed by atoms with van der Waals surface area (Å²) in [4.78, 5) is 16.7. The van der Waals surface area contributed by atoms with Crippen LogP contribution in [0.25, 0.3) is 5.65 Å². The Morgan fingerprint density at radius 2 is 2.10 bits per heavy atom. The molecule has 1 saturated heterocycles. The number of piperidine rings is 1. The molecule has 21 heavy (non-hydrogen) atoms. The average molecular weight is 283 g/mol. The van der Waals surface area contributed by atoms with E-state index in [-0.39, 0.29) is 17.2 Å². The fourth-order valence-electron chi connectivity index (χ4n) is 2.68. The van der Waals surface area contributed by atoms with Gasteiger partial charge in [-0.25, -0.2) is 4.98 Å². The molecule has 3 heterocycles. The lowest BCUT2D eigenvalue weighted by Gasteiger charge is -2.21. The first-order valence-electron chi connectivity index (χ1n) is 7.32. The highest BCUT2D eigenvalue weighted by molar-refractivity contribution is 5.85. The third kappa shape index (κ3) is 2.58. The number of pyridine rings is 1. The Hall–Kier alpha value is -2.10. The molecule has 0 aromatic carbocycles. The maximum Gasteiger partial charge on any atom is 0.233 e. The molecule has 1 aliphatic heterocycles. The van der Waals surface area contributed by atoms with Crippen LogP contribution in [-0.4, -0.2) is 15.3 Å². The number of nitrogens with one attached hydrogen (secondary N) is 1. The van der Waals surface area contributed by atoms with E-state index >= 15 is 0 Å². The van der Waals surface area contributed by atoms with Crippen LogP contribution in [0.1, 0.15) is 50.8 Å². The molecule has 0 saturated carbocycles. The van der Waals surface area contributed by atoms with E-state index in [0.29, 0.717) is 0 Å². The standard InChI is InChI=1S/C17H21N3O/c1-11-5-7-13(16(21)18-11)14-10-20-9-12(17(2,3)4)6-8-15(20)19-14/h6,8-10,13H,1,5,7H2,2-4H3,(H,18,21). The van der Waals surface area contributed by atoms with Crippen LogP contribution in [0.15, 0.2) is 36.8 Å². The van der Waals surface area contributed by atoms with E-state index < -0.39 is 0 Å². The van der Waals surface area contributed by atoms with Gasteiger partial charge in [0.15, 0.2) is 0 Å². The highest BCUT2D eigenvalue weighted by Crippen LogP contribution is 2.28. The van der Waals surface area contributed by atoms with Crippen LogP contribution in [-0.2, 0) is 10.2 Å². The number of carbonyl (C=O) groups excluding carboxylic acids is 1. The molecule has 0 radical (unpaired) electrons. The van der Waals surface area contributed by atoms with Crippen molar-refractivity contribution in [2.75, 3.05) is 0 Å². The van der Waals surface area contributed by atoms with E-state index in [1.54, 1.807) is 0 Å². The molecule has 0 aliphatic carbocycles. The van der Waals surface area contributed by atoms with Crippen molar-refractivity contribution < 1.29 is 4.79 Å². The van der Waals surface area contributed by atoms with Gasteiger partial charge in [-0.1, -0.05) is 33.4 Å². The predicted octanol–water partition coefficient (Wildman–Crippen LogP) is 3.14. The van der Waals surface area contributed by atoms with E-state index in [1.807, 2.05) is 16.7 Å². The van der Waals surface area contributed by atoms with Gasteiger partial charge in [0.2, 0.25) is 5.91 Å². The summed E-state index contributed by atoms with van der Waals surface area (Å²) in [5.41, 5.74) is 3.87. The van der Waals surface area contributed by atoms with Gasteiger partial charge in [-0.3, -0.25) is 4.79 Å². The normalized spacial score (nSPS) is 19.9. The molecular weight excluding hydrogens is 262 g/mol. The quantitative estimate of drug-likeness (QED) is 0.874. The second-order valence-corrected chi connectivity index (χ2v) is 6.78. The highest BCUT2D eigenvalue weighted by Gasteiger charge is 2.27. The molecule has 0 bridgehead atoms. The second kappa shape index (κ2) is 4.72. The Morgan fingerprint density at radius 3 is 2.76 bits per heavy atom. The van der Waals surface area contributed by atoms with Crippen LogP contribution in [0.5, 0.6) is 0 Å². The number of allylic oxidation sites excluding steroid dienone is 1. The first kappa shape index (κ1) is 13.9. The molecule has 1 aliphatic rings. The summed E-state index contributed by atoms with van der Waals surface area (Å²) < 4.78 is 2.02. The number of nitrogens with zero attached hydrogens (tertiary/aromatic N) is 2. The SMILES string of the molecule is C=C1CCC(c2cn3cc(C(C)(C)C)ccc3n2)C(=O)N1. The molecule has 1 unspecified atom stereocenters. The Labute approximate surface area is 124 Å². The van der Waals surface area contributed by atoms with Crippen molar-refractivity contribution in [3.05, 3.63) is 48.1 Å². The van der Waals surface area contributed by atoms with Crippen molar-refractivity contribution in [3.8, 4) is 0 Å². The third-order valence-electron chi connectivity index (χ3n) is 4.04. The minimum absolute atomic E-state index is 0.00528. The minimum Gasteiger partial charge on any atom is -0.330 e. The highest BCUT2D eigenvalue weighted by atomic mass is 16.2. The fraction of sp³-hybridized carbons (Fsp3) is 0.412. The van der Waals surface area contributed by atoms with Gasteiger partial charge in [-0.05, 0) is 29.9 Å². The van der Waals surface area contributed by atoms with E-state index in [9.17, 15) is 4.79 Å². The van der Waals surface area contributed by atoms with Crippen LogP contribution in [0.3, 0.4) is 0 Å². The van der Waals surface area contributed by atoms with Crippen molar-refractivity contribution in [1.82, 2.24) is 14.7 Å². The summed E-state index contributed by atoms with van der Waals surface area (Å²) in [5, 5.41) is 2.83. The summed E-state index contributed by atoms with van der Waals surface area (Å²) in [5.74, 6) is -0.167. The van der Waals surface area contributed by atoms with Crippen molar-refractivity contribution in [1.29, 1.82) is 0 Å². The van der Waals surface area contributed by atoms with Crippen LogP contribution in [0, 0.1) is 0 Å². The monoisotopic (exact) mass is 283 g/mol. The zero-order valence-corrected chi connectivity index (χ0v) is 12.8. The minimum atomic E-state index is -0.173. The summed E-state index contributed by atoms with van der Waals surface area (Å²) in [6.07, 6.45) is 5.67. The Bertz CT molecular complexity index is 721. The number of carbonyl (C=O) groups is 1. The van der Waals surface area contributed by atoms with Gasteiger partial charge in [-0.15, -0.1) is 0 Å². The molecule has 1 N–H and O–H groups in total. The summed E-state index contributed by atoms with van der Waals surface area (Å²) >= 11 is 0. The molecular formula is C17H21N3O. The maximum absolute atomic E-state index is 12.1. The van der Waals surface area contributed by atoms with Crippen molar-refractivity contribution in [3.63, 3.8) is 0 Å². The van der Waals surface area contributed by atoms with Crippen LogP contribution in [0.4, 0.5) is 0 Å². The number of fused-ring (bicyclic) bond motifs is 1. The lowest BCUT2D eigenvalue weighted by Crippen LogP contribution is -2.33. The third-order valence-corrected chi connectivity index (χ3v) is 4.04. The molecule has 2 aromatic rings. The van der Waals surface area contributed by atoms with E-state index in [0.717, 1.165) is 29.9 Å². The molecule has 4 nitrogen and oxygen atoms in total. The van der Waals surface area contributed by atoms with Gasteiger partial charge >= 0.3 is 0 Å². The molecule has 2 aromatic heterocycles. The first-order chi connectivity index (χ1) is 9.84. The van der Waals surface area contributed by atoms with Gasteiger partial charge in [0.1, 0.15) is 5.65 Å². The maximum atomic E-state index is 12.1. The molecule has 1 fully saturated rings. The molecule has 0 spiro atoms. The lowest BCUT2D eigenvalue weighted by atomic mass is 9.88. The summed E-state index contributed by atoms with van der Waals surface area (Å²) in [7, 11) is 0. The average Bonchev–Trinajstić information content (AvgIpc) is 2.79. The Kier molecular flexibility index (Phi) is 3.12. The van der Waals surface area contributed by atoms with Gasteiger partial charge in [0, 0.05) is 18.1 Å². The zero-order valence-electron chi connectivity index (χ0n) is 12.8. The van der Waals surface area contributed by atoms with E-state index in [2.05, 4.69) is 49.9 Å². The smallest absolute Gasteiger partial charge is 0.233 e. The van der Waals surface area contributed by atoms with Gasteiger partial charge < -0.3 is 9.72 Å². The number of hydrogen-bond acceptors (Lipinski definition) is 2. The van der Waals surface area contributed by atoms with E-state index in [1.165, 1.54) is 5.56 Å². The number of rotatable bonds is 1. The fourth-order valence-corrected chi connectivity index (χ4v) is 2.68. The van der Waals surface area contributed by atoms with Gasteiger partial charge in [0.05, 0.1) is 11.6 Å². The first-order valence-corrected chi connectivity index (χ1v) is 7.32. The van der Waals surface area contributed by atoms with E-state index in [4.69, 9.17) is 0 Å². The number of amides is 1. The van der Waals surface area contributed by atoms with Gasteiger partial charge in [-0.2, -0.15) is 0 Å². The topological polar surface area (TPSA) is 46.4 Å². The van der Waals surface area contributed by atoms with Crippen molar-refractivity contribution in [2.24, 2.45) is 0 Å². The molecule has 3 rings (SSSR count). The largest absolute Gasteiger partial charge is 0.330 e. The van der Waals surface area contributed by atoms with Crippen molar-refractivity contribution >= 4 is 11.6 Å². The van der Waals surface area contributed by atoms with Gasteiger partial charge in [0.25, 0.3) is 0 Å². The van der Waals surface area contributed by atoms with Crippen LogP contribution < -0.4 is 5.32 Å². The molecule has 110 valence electrons. The summed E-state index contributed by atoms with van der Waals surface area (Å²) in [6, 6.07) is 4.12. The Balaban J connectivity index is 1.98. The predicted molar refractivity (Wildman–Crippen MR) is 83.1 cm³/mol. The molecule has 4 heteroatoms. The second-order valence-electron chi connectivity index (χ2n) is 6.78. The number of imidazole rings is 1. The number of hydrogen-bond donors (Lipinski definition) is 1. The van der Waals surface area contributed by atoms with Crippen molar-refractivity contribution in [2.45, 2.75) is 44.9 Å². The van der Waals surface area contributed by atoms with Crippen LogP contribution in [0.2, 0.25) is 0 Å². The Morgan fingerprint density at radius 1 is 1.33 bits per heavy atom. The molecule has 1 amide bonds. The van der Waals surface area contributed by atoms with Crippen LogP contribution >= 0.6 is 0 Å². The molecule has 1 atom stereocenters.